The van der Waals surface area contributed by atoms with Gasteiger partial charge in [0.15, 0.2) is 0 Å². The molecule has 204 valence electrons. The van der Waals surface area contributed by atoms with Crippen molar-refractivity contribution in [2.75, 3.05) is 0 Å². The minimum atomic E-state index is 0. The molecule has 0 aliphatic rings. The summed E-state index contributed by atoms with van der Waals surface area (Å²) in [4.78, 5) is 0. The van der Waals surface area contributed by atoms with Crippen molar-refractivity contribution in [3.05, 3.63) is 122 Å². The summed E-state index contributed by atoms with van der Waals surface area (Å²) < 4.78 is 0. The van der Waals surface area contributed by atoms with Crippen LogP contribution in [0.2, 0.25) is 0 Å². The van der Waals surface area contributed by atoms with Crippen LogP contribution >= 0.6 is 24.8 Å². The van der Waals surface area contributed by atoms with E-state index < -0.39 is 0 Å². The van der Waals surface area contributed by atoms with Crippen molar-refractivity contribution in [3.8, 4) is 11.1 Å². The predicted octanol–water partition coefficient (Wildman–Crippen LogP) is 11.0. The first-order valence-corrected chi connectivity index (χ1v) is 16.2. The summed E-state index contributed by atoms with van der Waals surface area (Å²) in [6.45, 7) is 16.4. The van der Waals surface area contributed by atoms with Gasteiger partial charge in [-0.2, -0.15) is 12.1 Å². The van der Waals surface area contributed by atoms with E-state index in [1.807, 2.05) is 0 Å². The molecule has 0 N–H and O–H groups in total. The fourth-order valence-corrected chi connectivity index (χ4v) is 4.58. The van der Waals surface area contributed by atoms with E-state index in [2.05, 4.69) is 133 Å². The van der Waals surface area contributed by atoms with Gasteiger partial charge in [0, 0.05) is 0 Å². The number of fused-ring (bicyclic) bond motifs is 2. The van der Waals surface area contributed by atoms with Gasteiger partial charge in [-0.1, -0.05) is 95.1 Å². The zero-order chi connectivity index (χ0) is 24.8. The second kappa shape index (κ2) is 18.0. The summed E-state index contributed by atoms with van der Waals surface area (Å²) >= 11 is 1.36. The van der Waals surface area contributed by atoms with Crippen LogP contribution in [0.15, 0.2) is 84.9 Å². The van der Waals surface area contributed by atoms with E-state index >= 15 is 0 Å². The molecule has 0 unspecified atom stereocenters. The third-order valence-corrected chi connectivity index (χ3v) is 6.43. The van der Waals surface area contributed by atoms with Gasteiger partial charge in [-0.25, -0.2) is 0 Å². The molecule has 0 aliphatic carbocycles. The molecular weight excluding hydrogens is 599 g/mol. The van der Waals surface area contributed by atoms with Crippen molar-refractivity contribution in [1.82, 2.24) is 0 Å². The van der Waals surface area contributed by atoms with Crippen molar-refractivity contribution < 1.29 is 23.3 Å². The molecule has 2 radical (unpaired) electrons. The predicted molar refractivity (Wildman–Crippen MR) is 175 cm³/mol. The first-order chi connectivity index (χ1) is 16.3. The first kappa shape index (κ1) is 38.7. The van der Waals surface area contributed by atoms with Crippen molar-refractivity contribution in [1.29, 1.82) is 0 Å². The molecule has 0 aromatic heterocycles. The molecule has 0 saturated heterocycles. The summed E-state index contributed by atoms with van der Waals surface area (Å²) in [5.41, 5.74) is 8.25. The summed E-state index contributed by atoms with van der Waals surface area (Å²) in [6.07, 6.45) is 0. The summed E-state index contributed by atoms with van der Waals surface area (Å²) in [5.74, 6) is 1.23. The summed E-state index contributed by atoms with van der Waals surface area (Å²) in [7, 11) is 0. The molecule has 0 atom stereocenters. The number of halogens is 2. The van der Waals surface area contributed by atoms with Crippen LogP contribution in [-0.2, 0) is 23.3 Å². The average Bonchev–Trinajstić information content (AvgIpc) is 3.45. The van der Waals surface area contributed by atoms with E-state index in [0.29, 0.717) is 11.8 Å². The normalized spacial score (nSPS) is 9.66. The van der Waals surface area contributed by atoms with Gasteiger partial charge < -0.3 is 14.9 Å². The van der Waals surface area contributed by atoms with Crippen molar-refractivity contribution >= 4 is 53.2 Å². The van der Waals surface area contributed by atoms with Gasteiger partial charge >= 0.3 is 30.2 Å². The standard InChI is InChI=1S/C17H15.C15H19.2CH3.2ClH.Si.Zr/c1-12-10-16-13(2)8-9-15(17(16)11-12)14-6-4-3-5-7-14;1-10(2)13-8-12-6-5-7-14(11(3)4)15(12)9-13;;;;;;/h3-11H,1-2H3;5-11H,1-4H3;2*1H3;2*1H;;/q4*-1;;;;. The van der Waals surface area contributed by atoms with Gasteiger partial charge in [0.2, 0.25) is 0 Å². The van der Waals surface area contributed by atoms with Crippen LogP contribution in [0.5, 0.6) is 0 Å². The van der Waals surface area contributed by atoms with Crippen LogP contribution in [0.25, 0.3) is 32.7 Å². The Morgan fingerprint density at radius 1 is 0.684 bits per heavy atom. The fourth-order valence-electron chi connectivity index (χ4n) is 4.58. The van der Waals surface area contributed by atoms with Crippen LogP contribution in [-0.4, -0.2) is 6.88 Å². The molecule has 4 heteroatoms. The molecule has 5 rings (SSSR count). The zero-order valence-corrected chi connectivity index (χ0v) is 29.1. The second-order valence-electron chi connectivity index (χ2n) is 9.60. The Morgan fingerprint density at radius 3 is 1.89 bits per heavy atom. The Balaban J connectivity index is 0. The summed E-state index contributed by atoms with van der Waals surface area (Å²) in [6, 6.07) is 30.9. The van der Waals surface area contributed by atoms with Gasteiger partial charge in [-0.05, 0) is 17.4 Å². The SMILES string of the molecule is CC(C)c1cc2c(C(C)C)cccc2[cH-]1.Cc1cc2c(-c3ccccc3)ccc(C)c2[cH-]1.Cl.Cl.[CH3-].[CH3-].[Si]=[Zr]. The van der Waals surface area contributed by atoms with E-state index in [1.165, 1.54) is 78.3 Å². The van der Waals surface area contributed by atoms with Crippen molar-refractivity contribution in [2.45, 2.75) is 53.4 Å². The Labute approximate surface area is 261 Å². The van der Waals surface area contributed by atoms with E-state index in [4.69, 9.17) is 0 Å². The van der Waals surface area contributed by atoms with Crippen LogP contribution in [0.1, 0.15) is 61.8 Å². The number of benzene rings is 3. The molecule has 0 saturated carbocycles. The van der Waals surface area contributed by atoms with Crippen LogP contribution < -0.4 is 0 Å². The van der Waals surface area contributed by atoms with Gasteiger partial charge in [0.05, 0.1) is 0 Å². The van der Waals surface area contributed by atoms with E-state index in [9.17, 15) is 0 Å². The van der Waals surface area contributed by atoms with Gasteiger partial charge in [-0.15, -0.1) is 93.4 Å². The molecule has 0 spiro atoms. The summed E-state index contributed by atoms with van der Waals surface area (Å²) in [5, 5.41) is 5.58. The Kier molecular flexibility index (Phi) is 18.3. The molecule has 38 heavy (non-hydrogen) atoms. The van der Waals surface area contributed by atoms with Crippen LogP contribution in [0.4, 0.5) is 0 Å². The van der Waals surface area contributed by atoms with Crippen molar-refractivity contribution in [2.24, 2.45) is 0 Å². The Bertz CT molecular complexity index is 1360. The van der Waals surface area contributed by atoms with E-state index in [1.54, 1.807) is 0 Å². The van der Waals surface area contributed by atoms with Gasteiger partial charge in [-0.3, -0.25) is 0 Å². The van der Waals surface area contributed by atoms with Gasteiger partial charge in [0.1, 0.15) is 0 Å². The zero-order valence-electron chi connectivity index (χ0n) is 24.1. The van der Waals surface area contributed by atoms with E-state index in [-0.39, 0.29) is 39.7 Å². The quantitative estimate of drug-likeness (QED) is 0.136. The maximum atomic E-state index is 3.06. The van der Waals surface area contributed by atoms with E-state index in [0.717, 1.165) is 0 Å². The number of rotatable bonds is 3. The third kappa shape index (κ3) is 9.06. The monoisotopic (exact) mass is 638 g/mol. The first-order valence-electron chi connectivity index (χ1n) is 12.0. The molecule has 0 amide bonds. The van der Waals surface area contributed by atoms with Crippen molar-refractivity contribution in [3.63, 3.8) is 0 Å². The molecule has 0 heterocycles. The number of aryl methyl sites for hydroxylation is 2. The van der Waals surface area contributed by atoms with Crippen LogP contribution in [0.3, 0.4) is 0 Å². The van der Waals surface area contributed by atoms with Crippen LogP contribution in [0, 0.1) is 28.7 Å². The Morgan fingerprint density at radius 2 is 1.32 bits per heavy atom. The molecule has 0 fully saturated rings. The molecule has 0 bridgehead atoms. The minimum absolute atomic E-state index is 0. The Hall–Kier alpha value is -1.44. The molecule has 5 aromatic rings. The molecular formula is C34H42Cl2SiZr-4. The maximum absolute atomic E-state index is 3.06. The third-order valence-electron chi connectivity index (χ3n) is 6.43. The van der Waals surface area contributed by atoms with Gasteiger partial charge in [0.25, 0.3) is 0 Å². The topological polar surface area (TPSA) is 0 Å². The number of hydrogen-bond donors (Lipinski definition) is 0. The average molecular weight is 641 g/mol. The molecule has 0 aliphatic heterocycles. The molecule has 0 nitrogen and oxygen atoms in total. The fraction of sp³-hybridized carbons (Fsp3) is 0.235. The second-order valence-corrected chi connectivity index (χ2v) is 9.60. The number of hydrogen-bond acceptors (Lipinski definition) is 0. The molecule has 5 aromatic carbocycles.